The molecule has 3 N–H and O–H groups in total. The van der Waals surface area contributed by atoms with E-state index in [-0.39, 0.29) is 11.7 Å². The van der Waals surface area contributed by atoms with Crippen LogP contribution in [0.1, 0.15) is 15.9 Å². The van der Waals surface area contributed by atoms with E-state index in [1.54, 1.807) is 24.5 Å². The second kappa shape index (κ2) is 7.74. The number of carbonyl (C=O) groups is 1. The monoisotopic (exact) mass is 393 g/mol. The summed E-state index contributed by atoms with van der Waals surface area (Å²) in [5.74, 6) is 1.29. The molecule has 2 aromatic heterocycles. The van der Waals surface area contributed by atoms with Crippen LogP contribution in [0.3, 0.4) is 0 Å². The number of amides is 1. The number of hydrogen-bond donors (Lipinski definition) is 3. The number of ether oxygens (including phenoxy) is 1. The maximum absolute atomic E-state index is 12.7. The van der Waals surface area contributed by atoms with Crippen LogP contribution in [-0.2, 0) is 6.42 Å². The number of fused-ring (bicyclic) bond motifs is 1. The predicted octanol–water partition coefficient (Wildman–Crippen LogP) is 3.98. The van der Waals surface area contributed by atoms with E-state index in [1.807, 2.05) is 41.8 Å². The summed E-state index contributed by atoms with van der Waals surface area (Å²) < 4.78 is 5.15. The van der Waals surface area contributed by atoms with Crippen molar-refractivity contribution >= 4 is 28.3 Å². The summed E-state index contributed by atoms with van der Waals surface area (Å²) in [6.07, 6.45) is 0.706. The van der Waals surface area contributed by atoms with E-state index in [0.717, 1.165) is 16.2 Å². The number of phenolic OH excluding ortho intramolecular Hbond substituents is 1. The molecule has 0 aliphatic rings. The smallest absolute Gasteiger partial charge is 0.253 e. The summed E-state index contributed by atoms with van der Waals surface area (Å²) in [5.41, 5.74) is 2.47. The lowest BCUT2D eigenvalue weighted by molar-refractivity contribution is 0.0955. The highest BCUT2D eigenvalue weighted by Gasteiger charge is 2.17. The van der Waals surface area contributed by atoms with Crippen molar-refractivity contribution in [3.63, 3.8) is 0 Å². The summed E-state index contributed by atoms with van der Waals surface area (Å²) in [6, 6.07) is 14.7. The minimum absolute atomic E-state index is 0.0695. The van der Waals surface area contributed by atoms with E-state index >= 15 is 0 Å². The first-order valence-electron chi connectivity index (χ1n) is 8.82. The van der Waals surface area contributed by atoms with E-state index in [9.17, 15) is 9.90 Å². The summed E-state index contributed by atoms with van der Waals surface area (Å²) in [6.45, 7) is 0.496. The number of hydrogen-bond acceptors (Lipinski definition) is 5. The normalized spacial score (nSPS) is 10.9. The minimum atomic E-state index is -0.220. The topological polar surface area (TPSA) is 87.2 Å². The standard InChI is InChI=1S/C21H19N3O3S/c1-27-14-6-4-13(5-7-14)10-11-22-21(26)15-8-9-16(25)19-18(15)23-20(24-19)17-3-2-12-28-17/h2-9,12,25H,10-11H2,1H3,(H,22,26)(H,23,24). The molecule has 0 aliphatic heterocycles. The van der Waals surface area contributed by atoms with Gasteiger partial charge in [-0.3, -0.25) is 4.79 Å². The Balaban J connectivity index is 1.51. The Kier molecular flexibility index (Phi) is 4.99. The fourth-order valence-electron chi connectivity index (χ4n) is 3.00. The van der Waals surface area contributed by atoms with Crippen molar-refractivity contribution in [2.75, 3.05) is 13.7 Å². The Labute approximate surface area is 165 Å². The molecule has 0 radical (unpaired) electrons. The van der Waals surface area contributed by atoms with Gasteiger partial charge < -0.3 is 20.1 Å². The SMILES string of the molecule is COc1ccc(CCNC(=O)c2ccc(O)c3[nH]c(-c4cccs4)nc23)cc1. The van der Waals surface area contributed by atoms with Gasteiger partial charge >= 0.3 is 0 Å². The third-order valence-electron chi connectivity index (χ3n) is 4.48. The summed E-state index contributed by atoms with van der Waals surface area (Å²) >= 11 is 1.54. The van der Waals surface area contributed by atoms with Crippen LogP contribution in [0.2, 0.25) is 0 Å². The highest BCUT2D eigenvalue weighted by atomic mass is 32.1. The first kappa shape index (κ1) is 18.1. The highest BCUT2D eigenvalue weighted by Crippen LogP contribution is 2.30. The molecule has 6 nitrogen and oxygen atoms in total. The first-order chi connectivity index (χ1) is 13.7. The van der Waals surface area contributed by atoms with Gasteiger partial charge in [-0.05, 0) is 47.7 Å². The molecule has 7 heteroatoms. The van der Waals surface area contributed by atoms with Gasteiger partial charge in [-0.25, -0.2) is 4.98 Å². The molecule has 4 rings (SSSR count). The third kappa shape index (κ3) is 3.57. The van der Waals surface area contributed by atoms with Crippen LogP contribution in [-0.4, -0.2) is 34.6 Å². The number of thiophene rings is 1. The molecule has 4 aromatic rings. The number of carbonyl (C=O) groups excluding carboxylic acids is 1. The van der Waals surface area contributed by atoms with Crippen LogP contribution in [0, 0.1) is 0 Å². The summed E-state index contributed by atoms with van der Waals surface area (Å²) in [7, 11) is 1.63. The van der Waals surface area contributed by atoms with Crippen LogP contribution >= 0.6 is 11.3 Å². The van der Waals surface area contributed by atoms with Gasteiger partial charge in [-0.2, -0.15) is 0 Å². The molecule has 2 heterocycles. The number of aromatic amines is 1. The van der Waals surface area contributed by atoms with Crippen LogP contribution in [0.15, 0.2) is 53.9 Å². The minimum Gasteiger partial charge on any atom is -0.506 e. The predicted molar refractivity (Wildman–Crippen MR) is 110 cm³/mol. The van der Waals surface area contributed by atoms with Gasteiger partial charge in [0.25, 0.3) is 5.91 Å². The molecule has 2 aromatic carbocycles. The van der Waals surface area contributed by atoms with Crippen LogP contribution in [0.25, 0.3) is 21.7 Å². The van der Waals surface area contributed by atoms with Gasteiger partial charge in [0, 0.05) is 6.54 Å². The number of rotatable bonds is 6. The Morgan fingerprint density at radius 2 is 2.04 bits per heavy atom. The average molecular weight is 393 g/mol. The molecule has 0 spiro atoms. The lowest BCUT2D eigenvalue weighted by Crippen LogP contribution is -2.25. The molecule has 0 bridgehead atoms. The Bertz CT molecular complexity index is 1100. The van der Waals surface area contributed by atoms with Gasteiger partial charge in [0.1, 0.15) is 28.4 Å². The number of benzene rings is 2. The molecule has 0 saturated heterocycles. The largest absolute Gasteiger partial charge is 0.506 e. The molecule has 0 saturated carbocycles. The second-order valence-electron chi connectivity index (χ2n) is 6.27. The maximum Gasteiger partial charge on any atom is 0.253 e. The van der Waals surface area contributed by atoms with E-state index in [4.69, 9.17) is 4.74 Å². The van der Waals surface area contributed by atoms with Crippen LogP contribution in [0.5, 0.6) is 11.5 Å². The fourth-order valence-corrected chi connectivity index (χ4v) is 3.67. The van der Waals surface area contributed by atoms with Crippen molar-refractivity contribution in [1.82, 2.24) is 15.3 Å². The zero-order valence-corrected chi connectivity index (χ0v) is 16.0. The van der Waals surface area contributed by atoms with Gasteiger partial charge in [0.05, 0.1) is 17.6 Å². The van der Waals surface area contributed by atoms with Gasteiger partial charge in [0.15, 0.2) is 0 Å². The molecule has 0 fully saturated rings. The molecule has 0 atom stereocenters. The molecule has 0 aliphatic carbocycles. The number of nitrogens with zero attached hydrogens (tertiary/aromatic N) is 1. The fraction of sp³-hybridized carbons (Fsp3) is 0.143. The van der Waals surface area contributed by atoms with Crippen molar-refractivity contribution < 1.29 is 14.6 Å². The molecule has 142 valence electrons. The summed E-state index contributed by atoms with van der Waals surface area (Å²) in [5, 5.41) is 15.0. The number of aromatic hydroxyl groups is 1. The van der Waals surface area contributed by atoms with E-state index < -0.39 is 0 Å². The Morgan fingerprint density at radius 1 is 1.21 bits per heavy atom. The second-order valence-corrected chi connectivity index (χ2v) is 7.22. The molecule has 0 unspecified atom stereocenters. The zero-order chi connectivity index (χ0) is 19.5. The van der Waals surface area contributed by atoms with Gasteiger partial charge in [-0.1, -0.05) is 18.2 Å². The lowest BCUT2D eigenvalue weighted by atomic mass is 10.1. The van der Waals surface area contributed by atoms with Crippen molar-refractivity contribution in [2.45, 2.75) is 6.42 Å². The first-order valence-corrected chi connectivity index (χ1v) is 9.70. The van der Waals surface area contributed by atoms with Crippen molar-refractivity contribution in [1.29, 1.82) is 0 Å². The van der Waals surface area contributed by atoms with E-state index in [0.29, 0.717) is 35.4 Å². The molecule has 28 heavy (non-hydrogen) atoms. The van der Waals surface area contributed by atoms with Gasteiger partial charge in [0.2, 0.25) is 0 Å². The quantitative estimate of drug-likeness (QED) is 0.462. The Hall–Kier alpha value is -3.32. The van der Waals surface area contributed by atoms with Crippen molar-refractivity contribution in [3.05, 3.63) is 65.0 Å². The number of imidazole rings is 1. The van der Waals surface area contributed by atoms with Gasteiger partial charge in [-0.15, -0.1) is 11.3 Å². The van der Waals surface area contributed by atoms with E-state index in [1.165, 1.54) is 6.07 Å². The number of H-pyrrole nitrogens is 1. The van der Waals surface area contributed by atoms with Crippen LogP contribution < -0.4 is 10.1 Å². The van der Waals surface area contributed by atoms with Crippen molar-refractivity contribution in [3.8, 4) is 22.2 Å². The lowest BCUT2D eigenvalue weighted by Gasteiger charge is -2.07. The maximum atomic E-state index is 12.7. The van der Waals surface area contributed by atoms with Crippen molar-refractivity contribution in [2.24, 2.45) is 0 Å². The summed E-state index contributed by atoms with van der Waals surface area (Å²) in [4.78, 5) is 21.3. The molecular formula is C21H19N3O3S. The number of nitrogens with one attached hydrogen (secondary N) is 2. The number of phenols is 1. The molecular weight excluding hydrogens is 374 g/mol. The average Bonchev–Trinajstić information content (AvgIpc) is 3.39. The molecule has 1 amide bonds. The zero-order valence-electron chi connectivity index (χ0n) is 15.2. The van der Waals surface area contributed by atoms with Crippen LogP contribution in [0.4, 0.5) is 0 Å². The Morgan fingerprint density at radius 3 is 2.75 bits per heavy atom. The number of methoxy groups -OCH3 is 1. The highest BCUT2D eigenvalue weighted by molar-refractivity contribution is 7.13. The number of aromatic nitrogens is 2. The third-order valence-corrected chi connectivity index (χ3v) is 5.36. The van der Waals surface area contributed by atoms with E-state index in [2.05, 4.69) is 15.3 Å².